The molecule has 0 saturated heterocycles. The molecule has 0 unspecified atom stereocenters. The molecule has 3 rings (SSSR count). The smallest absolute Gasteiger partial charge is 0.181 e. The SMILES string of the molecule is Clc1cccc(Cn2cnc(-c3cccc(I)c3)n2)c1. The van der Waals surface area contributed by atoms with Crippen molar-refractivity contribution < 1.29 is 0 Å². The highest BCUT2D eigenvalue weighted by molar-refractivity contribution is 14.1. The maximum Gasteiger partial charge on any atom is 0.181 e. The van der Waals surface area contributed by atoms with Gasteiger partial charge in [-0.25, -0.2) is 9.67 Å². The summed E-state index contributed by atoms with van der Waals surface area (Å²) in [6, 6.07) is 15.9. The summed E-state index contributed by atoms with van der Waals surface area (Å²) in [5, 5.41) is 5.24. The summed E-state index contributed by atoms with van der Waals surface area (Å²) in [6.45, 7) is 0.664. The second-order valence-electron chi connectivity index (χ2n) is 4.41. The Morgan fingerprint density at radius 3 is 2.75 bits per heavy atom. The van der Waals surface area contributed by atoms with Crippen LogP contribution in [0, 0.1) is 3.57 Å². The second kappa shape index (κ2) is 5.93. The Kier molecular flexibility index (Phi) is 4.03. The molecule has 0 amide bonds. The Balaban J connectivity index is 1.84. The van der Waals surface area contributed by atoms with E-state index in [9.17, 15) is 0 Å². The predicted molar refractivity (Wildman–Crippen MR) is 88.7 cm³/mol. The molecule has 1 heterocycles. The van der Waals surface area contributed by atoms with Crippen molar-refractivity contribution in [1.29, 1.82) is 0 Å². The molecule has 2 aromatic carbocycles. The van der Waals surface area contributed by atoms with Crippen LogP contribution in [0.1, 0.15) is 5.56 Å². The molecule has 0 fully saturated rings. The quantitative estimate of drug-likeness (QED) is 0.621. The Morgan fingerprint density at radius 1 is 1.10 bits per heavy atom. The number of hydrogen-bond donors (Lipinski definition) is 0. The van der Waals surface area contributed by atoms with Gasteiger partial charge in [0, 0.05) is 14.2 Å². The fraction of sp³-hybridized carbons (Fsp3) is 0.0667. The number of benzene rings is 2. The third kappa shape index (κ3) is 3.19. The molecular weight excluding hydrogens is 385 g/mol. The van der Waals surface area contributed by atoms with Gasteiger partial charge in [-0.3, -0.25) is 0 Å². The highest BCUT2D eigenvalue weighted by atomic mass is 127. The highest BCUT2D eigenvalue weighted by Gasteiger charge is 2.05. The van der Waals surface area contributed by atoms with Crippen molar-refractivity contribution in [3.63, 3.8) is 0 Å². The van der Waals surface area contributed by atoms with Gasteiger partial charge < -0.3 is 0 Å². The van der Waals surface area contributed by atoms with E-state index in [0.717, 1.165) is 22.0 Å². The van der Waals surface area contributed by atoms with Crippen molar-refractivity contribution in [3.05, 3.63) is 69.0 Å². The number of rotatable bonds is 3. The molecule has 20 heavy (non-hydrogen) atoms. The van der Waals surface area contributed by atoms with Gasteiger partial charge in [0.05, 0.1) is 6.54 Å². The summed E-state index contributed by atoms with van der Waals surface area (Å²) in [5.41, 5.74) is 2.14. The number of aromatic nitrogens is 3. The van der Waals surface area contributed by atoms with E-state index in [1.165, 1.54) is 3.57 Å². The van der Waals surface area contributed by atoms with Gasteiger partial charge in [-0.1, -0.05) is 35.9 Å². The Bertz CT molecular complexity index is 739. The fourth-order valence-corrected chi connectivity index (χ4v) is 2.71. The lowest BCUT2D eigenvalue weighted by molar-refractivity contribution is 0.687. The molecule has 0 bridgehead atoms. The Hall–Kier alpha value is -1.40. The van der Waals surface area contributed by atoms with Crippen molar-refractivity contribution in [2.24, 2.45) is 0 Å². The molecule has 0 atom stereocenters. The molecule has 0 radical (unpaired) electrons. The maximum absolute atomic E-state index is 5.98. The second-order valence-corrected chi connectivity index (χ2v) is 6.09. The molecule has 0 aliphatic heterocycles. The van der Waals surface area contributed by atoms with Crippen molar-refractivity contribution >= 4 is 34.2 Å². The standard InChI is InChI=1S/C15H11ClIN3/c16-13-5-1-3-11(7-13)9-20-10-18-15(19-20)12-4-2-6-14(17)8-12/h1-8,10H,9H2. The molecule has 1 aromatic heterocycles. The molecule has 0 aliphatic rings. The third-order valence-corrected chi connectivity index (χ3v) is 3.76. The van der Waals surface area contributed by atoms with E-state index in [1.807, 2.05) is 47.1 Å². The normalized spacial score (nSPS) is 10.7. The lowest BCUT2D eigenvalue weighted by Crippen LogP contribution is -2.00. The zero-order valence-electron chi connectivity index (χ0n) is 10.5. The predicted octanol–water partition coefficient (Wildman–Crippen LogP) is 4.25. The molecule has 0 spiro atoms. The van der Waals surface area contributed by atoms with Crippen LogP contribution in [0.15, 0.2) is 54.9 Å². The van der Waals surface area contributed by atoms with E-state index >= 15 is 0 Å². The van der Waals surface area contributed by atoms with E-state index < -0.39 is 0 Å². The molecule has 100 valence electrons. The van der Waals surface area contributed by atoms with Gasteiger partial charge in [-0.2, -0.15) is 5.10 Å². The van der Waals surface area contributed by atoms with Gasteiger partial charge in [0.1, 0.15) is 6.33 Å². The summed E-state index contributed by atoms with van der Waals surface area (Å²) in [5.74, 6) is 0.741. The average Bonchev–Trinajstić information content (AvgIpc) is 2.87. The van der Waals surface area contributed by atoms with Crippen LogP contribution < -0.4 is 0 Å². The average molecular weight is 396 g/mol. The van der Waals surface area contributed by atoms with Crippen molar-refractivity contribution in [2.45, 2.75) is 6.54 Å². The first-order chi connectivity index (χ1) is 9.70. The maximum atomic E-state index is 5.98. The minimum atomic E-state index is 0.664. The molecule has 0 saturated carbocycles. The molecule has 3 aromatic rings. The van der Waals surface area contributed by atoms with Crippen LogP contribution in [0.3, 0.4) is 0 Å². The molecule has 3 nitrogen and oxygen atoms in total. The first kappa shape index (κ1) is 13.6. The van der Waals surface area contributed by atoms with Crippen LogP contribution in [0.2, 0.25) is 5.02 Å². The van der Waals surface area contributed by atoms with Crippen LogP contribution in [-0.2, 0) is 6.54 Å². The van der Waals surface area contributed by atoms with Crippen molar-refractivity contribution in [3.8, 4) is 11.4 Å². The van der Waals surface area contributed by atoms with Crippen LogP contribution in [0.25, 0.3) is 11.4 Å². The van der Waals surface area contributed by atoms with Gasteiger partial charge in [-0.05, 0) is 52.4 Å². The monoisotopic (exact) mass is 395 g/mol. The molecular formula is C15H11ClIN3. The van der Waals surface area contributed by atoms with Gasteiger partial charge in [0.2, 0.25) is 0 Å². The van der Waals surface area contributed by atoms with Gasteiger partial charge in [-0.15, -0.1) is 0 Å². The number of nitrogens with zero attached hydrogens (tertiary/aromatic N) is 3. The number of halogens is 2. The van der Waals surface area contributed by atoms with Gasteiger partial charge >= 0.3 is 0 Å². The van der Waals surface area contributed by atoms with E-state index in [-0.39, 0.29) is 0 Å². The van der Waals surface area contributed by atoms with E-state index in [2.05, 4.69) is 38.7 Å². The van der Waals surface area contributed by atoms with Gasteiger partial charge in [0.15, 0.2) is 5.82 Å². The largest absolute Gasteiger partial charge is 0.248 e. The first-order valence-corrected chi connectivity index (χ1v) is 7.56. The van der Waals surface area contributed by atoms with E-state index in [1.54, 1.807) is 6.33 Å². The van der Waals surface area contributed by atoms with Gasteiger partial charge in [0.25, 0.3) is 0 Å². The summed E-state index contributed by atoms with van der Waals surface area (Å²) in [6.07, 6.45) is 1.75. The van der Waals surface area contributed by atoms with Crippen LogP contribution in [0.4, 0.5) is 0 Å². The summed E-state index contributed by atoms with van der Waals surface area (Å²) in [7, 11) is 0. The van der Waals surface area contributed by atoms with Crippen molar-refractivity contribution in [1.82, 2.24) is 14.8 Å². The van der Waals surface area contributed by atoms with Crippen LogP contribution >= 0.6 is 34.2 Å². The first-order valence-electron chi connectivity index (χ1n) is 6.10. The zero-order valence-corrected chi connectivity index (χ0v) is 13.4. The van der Waals surface area contributed by atoms with E-state index in [4.69, 9.17) is 11.6 Å². The van der Waals surface area contributed by atoms with E-state index in [0.29, 0.717) is 6.54 Å². The zero-order chi connectivity index (χ0) is 13.9. The summed E-state index contributed by atoms with van der Waals surface area (Å²) < 4.78 is 2.99. The highest BCUT2D eigenvalue weighted by Crippen LogP contribution is 2.18. The third-order valence-electron chi connectivity index (χ3n) is 2.85. The van der Waals surface area contributed by atoms with Crippen molar-refractivity contribution in [2.75, 3.05) is 0 Å². The fourth-order valence-electron chi connectivity index (χ4n) is 1.95. The van der Waals surface area contributed by atoms with Crippen LogP contribution in [0.5, 0.6) is 0 Å². The van der Waals surface area contributed by atoms with Crippen LogP contribution in [-0.4, -0.2) is 14.8 Å². The topological polar surface area (TPSA) is 30.7 Å². The summed E-state index contributed by atoms with van der Waals surface area (Å²) >= 11 is 8.27. The minimum Gasteiger partial charge on any atom is -0.248 e. The molecule has 5 heteroatoms. The minimum absolute atomic E-state index is 0.664. The lowest BCUT2D eigenvalue weighted by Gasteiger charge is -2.01. The number of hydrogen-bond acceptors (Lipinski definition) is 2. The molecule has 0 aliphatic carbocycles. The summed E-state index contributed by atoms with van der Waals surface area (Å²) in [4.78, 5) is 4.36. The Labute approximate surface area is 135 Å². The Morgan fingerprint density at radius 2 is 1.95 bits per heavy atom. The lowest BCUT2D eigenvalue weighted by atomic mass is 10.2. The molecule has 0 N–H and O–H groups in total.